The zero-order valence-electron chi connectivity index (χ0n) is 15.3. The predicted molar refractivity (Wildman–Crippen MR) is 109 cm³/mol. The number of rotatable bonds is 8. The third kappa shape index (κ3) is 6.17. The number of amides is 1. The first kappa shape index (κ1) is 19.5. The summed E-state index contributed by atoms with van der Waals surface area (Å²) in [5.74, 6) is 2.18. The Kier molecular flexibility index (Phi) is 7.39. The van der Waals surface area contributed by atoms with E-state index in [9.17, 15) is 9.18 Å². The molecule has 0 spiro atoms. The highest BCUT2D eigenvalue weighted by molar-refractivity contribution is 7.99. The van der Waals surface area contributed by atoms with Crippen LogP contribution in [0.1, 0.15) is 18.4 Å². The van der Waals surface area contributed by atoms with E-state index in [0.29, 0.717) is 26.0 Å². The summed E-state index contributed by atoms with van der Waals surface area (Å²) in [6.45, 7) is 3.02. The van der Waals surface area contributed by atoms with Crippen LogP contribution in [0, 0.1) is 5.82 Å². The van der Waals surface area contributed by atoms with Crippen LogP contribution in [0.5, 0.6) is 5.75 Å². The summed E-state index contributed by atoms with van der Waals surface area (Å²) < 4.78 is 18.8. The van der Waals surface area contributed by atoms with Gasteiger partial charge < -0.3 is 15.0 Å². The van der Waals surface area contributed by atoms with Gasteiger partial charge in [-0.05, 0) is 36.2 Å². The molecule has 0 unspecified atom stereocenters. The first-order valence-electron chi connectivity index (χ1n) is 9.28. The number of para-hydroxylation sites is 1. The summed E-state index contributed by atoms with van der Waals surface area (Å²) in [7, 11) is 0. The molecule has 1 fully saturated rings. The Bertz CT molecular complexity index is 733. The molecule has 0 aliphatic carbocycles. The minimum Gasteiger partial charge on any atom is -0.491 e. The van der Waals surface area contributed by atoms with Crippen molar-refractivity contribution in [2.24, 2.45) is 0 Å². The summed E-state index contributed by atoms with van der Waals surface area (Å²) >= 11 is 2.00. The van der Waals surface area contributed by atoms with Crippen LogP contribution in [0.15, 0.2) is 48.5 Å². The molecule has 0 saturated carbocycles. The maximum Gasteiger partial charge on any atom is 0.220 e. The number of hydrogen-bond acceptors (Lipinski definition) is 4. The van der Waals surface area contributed by atoms with Gasteiger partial charge in [0.2, 0.25) is 5.91 Å². The topological polar surface area (TPSA) is 41.6 Å². The Balaban J connectivity index is 1.34. The lowest BCUT2D eigenvalue weighted by Crippen LogP contribution is -2.32. The molecule has 0 atom stereocenters. The van der Waals surface area contributed by atoms with Crippen LogP contribution >= 0.6 is 11.8 Å². The Morgan fingerprint density at radius 2 is 1.85 bits per heavy atom. The van der Waals surface area contributed by atoms with E-state index in [-0.39, 0.29) is 17.5 Å². The molecule has 3 rings (SSSR count). The standard InChI is InChI=1S/C21H25FN2O2S/c22-19-4-1-2-5-20(19)26-13-3-6-21(25)23-16-17-7-9-18(10-8-17)24-11-14-27-15-12-24/h1-2,4-5,7-10H,3,6,11-16H2,(H,23,25). The Morgan fingerprint density at radius 1 is 1.11 bits per heavy atom. The highest BCUT2D eigenvalue weighted by Crippen LogP contribution is 2.20. The van der Waals surface area contributed by atoms with Gasteiger partial charge in [-0.2, -0.15) is 11.8 Å². The molecular formula is C21H25FN2O2S. The molecule has 1 amide bonds. The van der Waals surface area contributed by atoms with Crippen LogP contribution in [-0.2, 0) is 11.3 Å². The third-order valence-corrected chi connectivity index (χ3v) is 5.39. The van der Waals surface area contributed by atoms with Gasteiger partial charge in [-0.15, -0.1) is 0 Å². The Morgan fingerprint density at radius 3 is 2.59 bits per heavy atom. The zero-order chi connectivity index (χ0) is 18.9. The van der Waals surface area contributed by atoms with E-state index in [1.165, 1.54) is 23.3 Å². The molecule has 6 heteroatoms. The second-order valence-electron chi connectivity index (χ2n) is 6.43. The van der Waals surface area contributed by atoms with Crippen molar-refractivity contribution >= 4 is 23.4 Å². The average Bonchev–Trinajstić information content (AvgIpc) is 2.72. The summed E-state index contributed by atoms with van der Waals surface area (Å²) in [4.78, 5) is 14.4. The monoisotopic (exact) mass is 388 g/mol. The zero-order valence-corrected chi connectivity index (χ0v) is 16.1. The van der Waals surface area contributed by atoms with Crippen molar-refractivity contribution in [2.75, 3.05) is 36.1 Å². The molecule has 2 aromatic carbocycles. The van der Waals surface area contributed by atoms with Crippen LogP contribution in [0.2, 0.25) is 0 Å². The maximum atomic E-state index is 13.4. The normalized spacial score (nSPS) is 14.0. The van der Waals surface area contributed by atoms with Gasteiger partial charge in [0, 0.05) is 43.2 Å². The molecule has 0 bridgehead atoms. The number of nitrogens with zero attached hydrogens (tertiary/aromatic N) is 1. The predicted octanol–water partition coefficient (Wildman–Crippen LogP) is 3.85. The van der Waals surface area contributed by atoms with E-state index in [1.807, 2.05) is 11.8 Å². The molecular weight excluding hydrogens is 363 g/mol. The van der Waals surface area contributed by atoms with E-state index in [2.05, 4.69) is 34.5 Å². The second-order valence-corrected chi connectivity index (χ2v) is 7.65. The number of anilines is 1. The molecule has 2 aromatic rings. The largest absolute Gasteiger partial charge is 0.491 e. The summed E-state index contributed by atoms with van der Waals surface area (Å²) in [6.07, 6.45) is 0.907. The highest BCUT2D eigenvalue weighted by Gasteiger charge is 2.11. The minimum atomic E-state index is -0.381. The quantitative estimate of drug-likeness (QED) is 0.698. The molecule has 1 saturated heterocycles. The van der Waals surface area contributed by atoms with E-state index in [0.717, 1.165) is 18.7 Å². The maximum absolute atomic E-state index is 13.4. The summed E-state index contributed by atoms with van der Waals surface area (Å²) in [5.41, 5.74) is 2.33. The van der Waals surface area contributed by atoms with Gasteiger partial charge in [-0.3, -0.25) is 4.79 Å². The van der Waals surface area contributed by atoms with Crippen molar-refractivity contribution in [2.45, 2.75) is 19.4 Å². The fourth-order valence-electron chi connectivity index (χ4n) is 2.91. The number of ether oxygens (including phenoxy) is 1. The lowest BCUT2D eigenvalue weighted by molar-refractivity contribution is -0.121. The number of thioether (sulfide) groups is 1. The first-order chi connectivity index (χ1) is 13.2. The van der Waals surface area contributed by atoms with Crippen molar-refractivity contribution in [1.29, 1.82) is 0 Å². The van der Waals surface area contributed by atoms with Gasteiger partial charge in [0.05, 0.1) is 6.61 Å². The molecule has 1 heterocycles. The van der Waals surface area contributed by atoms with Crippen LogP contribution < -0.4 is 15.0 Å². The number of nitrogens with one attached hydrogen (secondary N) is 1. The van der Waals surface area contributed by atoms with Gasteiger partial charge in [0.1, 0.15) is 0 Å². The van der Waals surface area contributed by atoms with Gasteiger partial charge in [-0.25, -0.2) is 4.39 Å². The fraction of sp³-hybridized carbons (Fsp3) is 0.381. The van der Waals surface area contributed by atoms with Gasteiger partial charge in [-0.1, -0.05) is 24.3 Å². The molecule has 0 radical (unpaired) electrons. The molecule has 4 nitrogen and oxygen atoms in total. The molecule has 0 aromatic heterocycles. The van der Waals surface area contributed by atoms with E-state index in [4.69, 9.17) is 4.74 Å². The van der Waals surface area contributed by atoms with Crippen LogP contribution in [0.4, 0.5) is 10.1 Å². The third-order valence-electron chi connectivity index (χ3n) is 4.44. The highest BCUT2D eigenvalue weighted by atomic mass is 32.2. The molecule has 1 aliphatic heterocycles. The summed E-state index contributed by atoms with van der Waals surface area (Å²) in [5, 5.41) is 2.92. The molecule has 144 valence electrons. The van der Waals surface area contributed by atoms with Gasteiger partial charge in [0.25, 0.3) is 0 Å². The fourth-order valence-corrected chi connectivity index (χ4v) is 3.81. The van der Waals surface area contributed by atoms with Crippen LogP contribution in [0.3, 0.4) is 0 Å². The lowest BCUT2D eigenvalue weighted by Gasteiger charge is -2.28. The average molecular weight is 389 g/mol. The molecule has 1 aliphatic rings. The number of hydrogen-bond donors (Lipinski definition) is 1. The van der Waals surface area contributed by atoms with Crippen molar-refractivity contribution in [3.63, 3.8) is 0 Å². The minimum absolute atomic E-state index is 0.0238. The van der Waals surface area contributed by atoms with Crippen molar-refractivity contribution < 1.29 is 13.9 Å². The van der Waals surface area contributed by atoms with Crippen molar-refractivity contribution in [3.05, 3.63) is 59.9 Å². The van der Waals surface area contributed by atoms with Gasteiger partial charge >= 0.3 is 0 Å². The number of benzene rings is 2. The van der Waals surface area contributed by atoms with E-state index < -0.39 is 0 Å². The van der Waals surface area contributed by atoms with Crippen molar-refractivity contribution in [3.8, 4) is 5.75 Å². The second kappa shape index (κ2) is 10.2. The van der Waals surface area contributed by atoms with Crippen LogP contribution in [-0.4, -0.2) is 37.1 Å². The molecule has 1 N–H and O–H groups in total. The Hall–Kier alpha value is -2.21. The molecule has 27 heavy (non-hydrogen) atoms. The van der Waals surface area contributed by atoms with Crippen LogP contribution in [0.25, 0.3) is 0 Å². The van der Waals surface area contributed by atoms with E-state index >= 15 is 0 Å². The van der Waals surface area contributed by atoms with E-state index in [1.54, 1.807) is 18.2 Å². The van der Waals surface area contributed by atoms with Gasteiger partial charge in [0.15, 0.2) is 11.6 Å². The van der Waals surface area contributed by atoms with Crippen molar-refractivity contribution in [1.82, 2.24) is 5.32 Å². The lowest BCUT2D eigenvalue weighted by atomic mass is 10.2. The Labute approximate surface area is 164 Å². The first-order valence-corrected chi connectivity index (χ1v) is 10.4. The summed E-state index contributed by atoms with van der Waals surface area (Å²) in [6, 6.07) is 14.7. The smallest absolute Gasteiger partial charge is 0.220 e. The number of halogens is 1. The SMILES string of the molecule is O=C(CCCOc1ccccc1F)NCc1ccc(N2CCSCC2)cc1. The number of carbonyl (C=O) groups excluding carboxylic acids is 1. The number of carbonyl (C=O) groups is 1.